The van der Waals surface area contributed by atoms with Crippen molar-refractivity contribution < 1.29 is 9.53 Å². The second-order valence-electron chi connectivity index (χ2n) is 5.28. The number of hydrogen-bond acceptors (Lipinski definition) is 5. The van der Waals surface area contributed by atoms with E-state index < -0.39 is 6.09 Å². The van der Waals surface area contributed by atoms with Crippen LogP contribution in [0.1, 0.15) is 25.3 Å². The van der Waals surface area contributed by atoms with Crippen LogP contribution in [0.25, 0.3) is 0 Å². The minimum Gasteiger partial charge on any atom is -0.444 e. The van der Waals surface area contributed by atoms with Gasteiger partial charge in [0.05, 0.1) is 6.04 Å². The van der Waals surface area contributed by atoms with Crippen LogP contribution in [-0.4, -0.2) is 36.0 Å². The molecule has 6 heteroatoms. The predicted molar refractivity (Wildman–Crippen MR) is 82.2 cm³/mol. The highest BCUT2D eigenvalue weighted by Gasteiger charge is 2.22. The van der Waals surface area contributed by atoms with Crippen LogP contribution in [-0.2, 0) is 11.3 Å². The van der Waals surface area contributed by atoms with Gasteiger partial charge in [0, 0.05) is 5.69 Å². The number of nitrogens with zero attached hydrogens (tertiary/aromatic N) is 1. The first-order valence-corrected chi connectivity index (χ1v) is 7.17. The van der Waals surface area contributed by atoms with Crippen LogP contribution < -0.4 is 11.1 Å². The van der Waals surface area contributed by atoms with E-state index in [-0.39, 0.29) is 18.5 Å². The molecule has 1 aliphatic rings. The zero-order valence-corrected chi connectivity index (χ0v) is 12.3. The van der Waals surface area contributed by atoms with E-state index in [1.807, 2.05) is 19.1 Å². The molecule has 1 atom stereocenters. The maximum absolute atomic E-state index is 11.7. The normalized spacial score (nSPS) is 16.4. The summed E-state index contributed by atoms with van der Waals surface area (Å²) in [6.07, 6.45) is 1.70. The second-order valence-corrected chi connectivity index (χ2v) is 5.28. The number of amidine groups is 1. The maximum atomic E-state index is 11.7. The van der Waals surface area contributed by atoms with E-state index in [1.54, 1.807) is 12.1 Å². The van der Waals surface area contributed by atoms with Crippen molar-refractivity contribution in [3.8, 4) is 0 Å². The first-order chi connectivity index (χ1) is 10.1. The number of nitrogens with two attached hydrogens (primary N) is 1. The topological polar surface area (TPSA) is 91.4 Å². The second kappa shape index (κ2) is 7.08. The summed E-state index contributed by atoms with van der Waals surface area (Å²) in [4.78, 5) is 13.9. The largest absolute Gasteiger partial charge is 0.444 e. The first kappa shape index (κ1) is 15.3. The zero-order valence-electron chi connectivity index (χ0n) is 12.3. The van der Waals surface area contributed by atoms with Crippen LogP contribution in [0.2, 0.25) is 0 Å². The van der Waals surface area contributed by atoms with E-state index >= 15 is 0 Å². The van der Waals surface area contributed by atoms with E-state index in [0.717, 1.165) is 31.5 Å². The van der Waals surface area contributed by atoms with Crippen molar-refractivity contribution in [2.45, 2.75) is 32.4 Å². The molecule has 2 rings (SSSR count). The van der Waals surface area contributed by atoms with Crippen LogP contribution in [0.15, 0.2) is 24.3 Å². The number of anilines is 1. The number of amides is 1. The lowest BCUT2D eigenvalue weighted by molar-refractivity contribution is 0.144. The van der Waals surface area contributed by atoms with E-state index in [0.29, 0.717) is 5.69 Å². The number of benzene rings is 1. The number of rotatable bonds is 4. The van der Waals surface area contributed by atoms with Gasteiger partial charge < -0.3 is 10.5 Å². The van der Waals surface area contributed by atoms with Gasteiger partial charge in [-0.05, 0) is 50.6 Å². The lowest BCUT2D eigenvalue weighted by Gasteiger charge is -2.24. The fraction of sp³-hybridized carbons (Fsp3) is 0.467. The summed E-state index contributed by atoms with van der Waals surface area (Å²) in [5.74, 6) is 0.175. The van der Waals surface area contributed by atoms with Gasteiger partial charge in [0.15, 0.2) is 0 Å². The van der Waals surface area contributed by atoms with Crippen molar-refractivity contribution in [1.29, 1.82) is 5.41 Å². The molecule has 21 heavy (non-hydrogen) atoms. The van der Waals surface area contributed by atoms with Crippen LogP contribution >= 0.6 is 0 Å². The fourth-order valence-electron chi connectivity index (χ4n) is 2.39. The van der Waals surface area contributed by atoms with Gasteiger partial charge in [0.25, 0.3) is 0 Å². The van der Waals surface area contributed by atoms with E-state index in [4.69, 9.17) is 15.9 Å². The molecule has 1 unspecified atom stereocenters. The highest BCUT2D eigenvalue weighted by molar-refractivity contribution is 5.96. The van der Waals surface area contributed by atoms with Crippen LogP contribution in [0, 0.1) is 5.41 Å². The van der Waals surface area contributed by atoms with Gasteiger partial charge in [-0.25, -0.2) is 4.79 Å². The van der Waals surface area contributed by atoms with Gasteiger partial charge in [0.2, 0.25) is 0 Å². The van der Waals surface area contributed by atoms with Gasteiger partial charge >= 0.3 is 6.09 Å². The molecule has 6 nitrogen and oxygen atoms in total. The third kappa shape index (κ3) is 4.46. The van der Waals surface area contributed by atoms with E-state index in [9.17, 15) is 4.79 Å². The quantitative estimate of drug-likeness (QED) is 0.449. The highest BCUT2D eigenvalue weighted by Crippen LogP contribution is 2.12. The van der Waals surface area contributed by atoms with Crippen molar-refractivity contribution in [2.75, 3.05) is 18.8 Å². The SMILES string of the molecule is CC(C(=N)NC(=O)OCc1cccc(N)c1)N1CCCC1. The Morgan fingerprint density at radius 3 is 2.86 bits per heavy atom. The average Bonchev–Trinajstić information content (AvgIpc) is 2.98. The minimum absolute atomic E-state index is 0.0904. The van der Waals surface area contributed by atoms with Crippen LogP contribution in [0.5, 0.6) is 0 Å². The molecule has 1 aromatic rings. The first-order valence-electron chi connectivity index (χ1n) is 7.17. The molecule has 0 bridgehead atoms. The van der Waals surface area contributed by atoms with Gasteiger partial charge in [-0.3, -0.25) is 15.6 Å². The Hall–Kier alpha value is -2.08. The highest BCUT2D eigenvalue weighted by atomic mass is 16.5. The number of nitrogen functional groups attached to an aromatic ring is 1. The van der Waals surface area contributed by atoms with Crippen molar-refractivity contribution in [2.24, 2.45) is 0 Å². The molecular formula is C15H22N4O2. The van der Waals surface area contributed by atoms with E-state index in [1.165, 1.54) is 0 Å². The monoisotopic (exact) mass is 290 g/mol. The standard InChI is InChI=1S/C15H22N4O2/c1-11(19-7-2-3-8-19)14(17)18-15(20)21-10-12-5-4-6-13(16)9-12/h4-6,9,11H,2-3,7-8,10,16H2,1H3,(H2,17,18,20). The molecule has 0 saturated carbocycles. The summed E-state index contributed by atoms with van der Waals surface area (Å²) in [5, 5.41) is 10.4. The summed E-state index contributed by atoms with van der Waals surface area (Å²) in [7, 11) is 0. The molecule has 1 amide bonds. The molecule has 1 aromatic carbocycles. The molecule has 0 spiro atoms. The lowest BCUT2D eigenvalue weighted by atomic mass is 10.2. The lowest BCUT2D eigenvalue weighted by Crippen LogP contribution is -2.45. The Morgan fingerprint density at radius 2 is 2.19 bits per heavy atom. The molecule has 1 saturated heterocycles. The summed E-state index contributed by atoms with van der Waals surface area (Å²) in [6.45, 7) is 4.02. The van der Waals surface area contributed by atoms with E-state index in [2.05, 4.69) is 10.2 Å². The molecule has 0 aliphatic carbocycles. The molecule has 0 radical (unpaired) electrons. The van der Waals surface area contributed by atoms with Crippen molar-refractivity contribution in [1.82, 2.24) is 10.2 Å². The van der Waals surface area contributed by atoms with Gasteiger partial charge in [0.1, 0.15) is 12.4 Å². The molecule has 1 aliphatic heterocycles. The number of likely N-dealkylation sites (tertiary alicyclic amines) is 1. The molecule has 1 heterocycles. The third-order valence-electron chi connectivity index (χ3n) is 3.66. The Labute approximate surface area is 124 Å². The molecule has 4 N–H and O–H groups in total. The number of carbonyl (C=O) groups excluding carboxylic acids is 1. The fourth-order valence-corrected chi connectivity index (χ4v) is 2.39. The number of nitrogens with one attached hydrogen (secondary N) is 2. The Bertz CT molecular complexity index is 512. The molecule has 1 fully saturated rings. The Kier molecular flexibility index (Phi) is 5.16. The average molecular weight is 290 g/mol. The molecule has 0 aromatic heterocycles. The number of alkyl carbamates (subject to hydrolysis) is 1. The molecular weight excluding hydrogens is 268 g/mol. The van der Waals surface area contributed by atoms with Gasteiger partial charge in [-0.1, -0.05) is 12.1 Å². The number of carbonyl (C=O) groups is 1. The summed E-state index contributed by atoms with van der Waals surface area (Å²) in [5.41, 5.74) is 7.11. The Balaban J connectivity index is 1.77. The minimum atomic E-state index is -0.603. The number of hydrogen-bond donors (Lipinski definition) is 3. The summed E-state index contributed by atoms with van der Waals surface area (Å²) in [6, 6.07) is 7.08. The predicted octanol–water partition coefficient (Wildman–Crippen LogP) is 1.96. The Morgan fingerprint density at radius 1 is 1.48 bits per heavy atom. The molecule has 114 valence electrons. The number of ether oxygens (including phenoxy) is 1. The van der Waals surface area contributed by atoms with Crippen molar-refractivity contribution in [3.63, 3.8) is 0 Å². The van der Waals surface area contributed by atoms with Gasteiger partial charge in [-0.2, -0.15) is 0 Å². The summed E-state index contributed by atoms with van der Waals surface area (Å²) < 4.78 is 5.10. The third-order valence-corrected chi connectivity index (χ3v) is 3.66. The summed E-state index contributed by atoms with van der Waals surface area (Å²) >= 11 is 0. The zero-order chi connectivity index (χ0) is 15.2. The van der Waals surface area contributed by atoms with Crippen molar-refractivity contribution in [3.05, 3.63) is 29.8 Å². The van der Waals surface area contributed by atoms with Crippen LogP contribution in [0.3, 0.4) is 0 Å². The van der Waals surface area contributed by atoms with Gasteiger partial charge in [-0.15, -0.1) is 0 Å². The van der Waals surface area contributed by atoms with Crippen LogP contribution in [0.4, 0.5) is 10.5 Å². The maximum Gasteiger partial charge on any atom is 0.412 e. The van der Waals surface area contributed by atoms with Crippen molar-refractivity contribution >= 4 is 17.6 Å². The smallest absolute Gasteiger partial charge is 0.412 e.